The number of aromatic nitrogens is 4. The number of rotatable bonds is 1. The number of hydrogen-bond donors (Lipinski definition) is 0. The first-order valence-electron chi connectivity index (χ1n) is 6.06. The third-order valence-electron chi connectivity index (χ3n) is 3.18. The van der Waals surface area contributed by atoms with Crippen LogP contribution in [0.25, 0.3) is 27.8 Å². The summed E-state index contributed by atoms with van der Waals surface area (Å²) in [5.41, 5.74) is 3.87. The Balaban J connectivity index is 2.01. The maximum Gasteiger partial charge on any atom is 0.155 e. The second-order valence-electron chi connectivity index (χ2n) is 4.35. The summed E-state index contributed by atoms with van der Waals surface area (Å²) >= 11 is 0. The lowest BCUT2D eigenvalue weighted by atomic mass is 10.1. The molecule has 4 aromatic rings. The molecule has 0 unspecified atom stereocenters. The zero-order chi connectivity index (χ0) is 12.7. The predicted octanol–water partition coefficient (Wildman–Crippen LogP) is 2.94. The first-order chi connectivity index (χ1) is 9.42. The van der Waals surface area contributed by atoms with E-state index < -0.39 is 0 Å². The first-order valence-corrected chi connectivity index (χ1v) is 6.06. The Labute approximate surface area is 109 Å². The molecule has 3 aromatic heterocycles. The van der Waals surface area contributed by atoms with Crippen LogP contribution in [0.1, 0.15) is 0 Å². The molecule has 0 aliphatic heterocycles. The van der Waals surface area contributed by atoms with Gasteiger partial charge in [0.25, 0.3) is 0 Å². The summed E-state index contributed by atoms with van der Waals surface area (Å²) < 4.78 is 1.83. The molecular weight excluding hydrogens is 236 g/mol. The standard InChI is InChI=1S/C15H10N4/c1-2-4-13-11(3-1)9-12(10-17-13)14-5-7-16-15-6-8-18-19(14)15/h1-10H. The zero-order valence-corrected chi connectivity index (χ0v) is 10.1. The maximum absolute atomic E-state index is 4.49. The fourth-order valence-corrected chi connectivity index (χ4v) is 2.26. The number of para-hydroxylation sites is 1. The van der Waals surface area contributed by atoms with Crippen molar-refractivity contribution >= 4 is 16.6 Å². The number of benzene rings is 1. The third kappa shape index (κ3) is 1.57. The Morgan fingerprint density at radius 3 is 2.84 bits per heavy atom. The zero-order valence-electron chi connectivity index (χ0n) is 10.1. The second-order valence-corrected chi connectivity index (χ2v) is 4.35. The minimum Gasteiger partial charge on any atom is -0.256 e. The van der Waals surface area contributed by atoms with Crippen molar-refractivity contribution < 1.29 is 0 Å². The van der Waals surface area contributed by atoms with Crippen LogP contribution in [0.2, 0.25) is 0 Å². The van der Waals surface area contributed by atoms with Crippen molar-refractivity contribution in [3.63, 3.8) is 0 Å². The highest BCUT2D eigenvalue weighted by atomic mass is 15.2. The van der Waals surface area contributed by atoms with Crippen LogP contribution < -0.4 is 0 Å². The van der Waals surface area contributed by atoms with Gasteiger partial charge in [-0.05, 0) is 18.2 Å². The van der Waals surface area contributed by atoms with Gasteiger partial charge in [-0.25, -0.2) is 9.50 Å². The molecule has 4 nitrogen and oxygen atoms in total. The van der Waals surface area contributed by atoms with Gasteiger partial charge in [0.15, 0.2) is 5.65 Å². The van der Waals surface area contributed by atoms with Crippen LogP contribution in [0.15, 0.2) is 61.1 Å². The number of nitrogens with zero attached hydrogens (tertiary/aromatic N) is 4. The molecule has 90 valence electrons. The minimum atomic E-state index is 0.839. The van der Waals surface area contributed by atoms with Crippen LogP contribution in [0.3, 0.4) is 0 Å². The van der Waals surface area contributed by atoms with E-state index >= 15 is 0 Å². The van der Waals surface area contributed by atoms with Gasteiger partial charge in [0.1, 0.15) is 0 Å². The van der Waals surface area contributed by atoms with Crippen molar-refractivity contribution in [3.8, 4) is 11.3 Å². The number of hydrogen-bond acceptors (Lipinski definition) is 3. The van der Waals surface area contributed by atoms with Gasteiger partial charge in [0, 0.05) is 29.4 Å². The van der Waals surface area contributed by atoms with Crippen molar-refractivity contribution in [1.82, 2.24) is 19.6 Å². The van der Waals surface area contributed by atoms with Crippen LogP contribution in [-0.2, 0) is 0 Å². The molecule has 0 spiro atoms. The quantitative estimate of drug-likeness (QED) is 0.518. The van der Waals surface area contributed by atoms with E-state index in [4.69, 9.17) is 0 Å². The molecule has 0 bridgehead atoms. The van der Waals surface area contributed by atoms with Gasteiger partial charge in [0.05, 0.1) is 17.4 Å². The summed E-state index contributed by atoms with van der Waals surface area (Å²) in [5, 5.41) is 5.42. The molecule has 0 aliphatic carbocycles. The van der Waals surface area contributed by atoms with E-state index in [2.05, 4.69) is 27.2 Å². The molecule has 0 amide bonds. The van der Waals surface area contributed by atoms with Gasteiger partial charge < -0.3 is 0 Å². The van der Waals surface area contributed by atoms with Crippen molar-refractivity contribution in [1.29, 1.82) is 0 Å². The van der Waals surface area contributed by atoms with Crippen molar-refractivity contribution in [3.05, 3.63) is 61.1 Å². The number of pyridine rings is 1. The lowest BCUT2D eigenvalue weighted by Gasteiger charge is -2.05. The largest absolute Gasteiger partial charge is 0.256 e. The molecule has 0 atom stereocenters. The van der Waals surface area contributed by atoms with E-state index in [0.717, 1.165) is 27.8 Å². The summed E-state index contributed by atoms with van der Waals surface area (Å²) in [4.78, 5) is 8.76. The Bertz CT molecular complexity index is 879. The lowest BCUT2D eigenvalue weighted by Crippen LogP contribution is -1.95. The average Bonchev–Trinajstić information content (AvgIpc) is 2.95. The Kier molecular flexibility index (Phi) is 2.08. The first kappa shape index (κ1) is 10.2. The van der Waals surface area contributed by atoms with E-state index in [0.29, 0.717) is 0 Å². The van der Waals surface area contributed by atoms with Crippen molar-refractivity contribution in [2.75, 3.05) is 0 Å². The summed E-state index contributed by atoms with van der Waals surface area (Å²) in [6.45, 7) is 0. The van der Waals surface area contributed by atoms with E-state index in [1.165, 1.54) is 0 Å². The monoisotopic (exact) mass is 246 g/mol. The van der Waals surface area contributed by atoms with E-state index in [1.807, 2.05) is 41.0 Å². The summed E-state index contributed by atoms with van der Waals surface area (Å²) in [5.74, 6) is 0. The van der Waals surface area contributed by atoms with Gasteiger partial charge in [0.2, 0.25) is 0 Å². The fraction of sp³-hybridized carbons (Fsp3) is 0. The molecular formula is C15H10N4. The smallest absolute Gasteiger partial charge is 0.155 e. The molecule has 0 radical (unpaired) electrons. The molecule has 0 saturated heterocycles. The van der Waals surface area contributed by atoms with Crippen LogP contribution in [0.5, 0.6) is 0 Å². The molecule has 1 aromatic carbocycles. The minimum absolute atomic E-state index is 0.839. The third-order valence-corrected chi connectivity index (χ3v) is 3.18. The van der Waals surface area contributed by atoms with Crippen LogP contribution in [0.4, 0.5) is 0 Å². The number of fused-ring (bicyclic) bond motifs is 2. The van der Waals surface area contributed by atoms with E-state index in [1.54, 1.807) is 12.4 Å². The van der Waals surface area contributed by atoms with Gasteiger partial charge in [-0.3, -0.25) is 4.98 Å². The normalized spacial score (nSPS) is 11.2. The van der Waals surface area contributed by atoms with E-state index in [9.17, 15) is 0 Å². The van der Waals surface area contributed by atoms with Crippen LogP contribution >= 0.6 is 0 Å². The Morgan fingerprint density at radius 2 is 1.84 bits per heavy atom. The Morgan fingerprint density at radius 1 is 0.895 bits per heavy atom. The van der Waals surface area contributed by atoms with Crippen molar-refractivity contribution in [2.45, 2.75) is 0 Å². The predicted molar refractivity (Wildman–Crippen MR) is 73.7 cm³/mol. The molecule has 0 fully saturated rings. The molecule has 0 saturated carbocycles. The summed E-state index contributed by atoms with van der Waals surface area (Å²) in [7, 11) is 0. The van der Waals surface area contributed by atoms with Crippen LogP contribution in [0, 0.1) is 0 Å². The highest BCUT2D eigenvalue weighted by molar-refractivity contribution is 5.83. The molecule has 3 heterocycles. The summed E-state index contributed by atoms with van der Waals surface area (Å²) in [6, 6.07) is 14.0. The van der Waals surface area contributed by atoms with Gasteiger partial charge >= 0.3 is 0 Å². The molecule has 4 rings (SSSR count). The topological polar surface area (TPSA) is 43.1 Å². The van der Waals surface area contributed by atoms with Gasteiger partial charge in [-0.15, -0.1) is 0 Å². The highest BCUT2D eigenvalue weighted by Crippen LogP contribution is 2.22. The SMILES string of the molecule is c1ccc2ncc(-c3ccnc4ccnn34)cc2c1. The highest BCUT2D eigenvalue weighted by Gasteiger charge is 2.06. The average molecular weight is 246 g/mol. The fourth-order valence-electron chi connectivity index (χ4n) is 2.26. The van der Waals surface area contributed by atoms with Gasteiger partial charge in [-0.1, -0.05) is 18.2 Å². The molecule has 0 aliphatic rings. The maximum atomic E-state index is 4.49. The lowest BCUT2D eigenvalue weighted by molar-refractivity contribution is 0.947. The summed E-state index contributed by atoms with van der Waals surface area (Å²) in [6.07, 6.45) is 5.42. The molecule has 4 heteroatoms. The Hall–Kier alpha value is -2.75. The van der Waals surface area contributed by atoms with Crippen molar-refractivity contribution in [2.24, 2.45) is 0 Å². The second kappa shape index (κ2) is 3.88. The van der Waals surface area contributed by atoms with E-state index in [-0.39, 0.29) is 0 Å². The van der Waals surface area contributed by atoms with Gasteiger partial charge in [-0.2, -0.15) is 5.10 Å². The van der Waals surface area contributed by atoms with Crippen LogP contribution in [-0.4, -0.2) is 19.6 Å². The molecule has 0 N–H and O–H groups in total. The molecule has 19 heavy (non-hydrogen) atoms.